The molecule has 6 heteroatoms. The lowest BCUT2D eigenvalue weighted by molar-refractivity contribution is -0.146. The van der Waals surface area contributed by atoms with Gasteiger partial charge in [-0.05, 0) is 37.7 Å². The molecule has 0 N–H and O–H groups in total. The Hall–Kier alpha value is -2.24. The summed E-state index contributed by atoms with van der Waals surface area (Å²) >= 11 is 0. The number of hydrogen-bond donors (Lipinski definition) is 0. The maximum Gasteiger partial charge on any atom is 0.230 e. The van der Waals surface area contributed by atoms with Gasteiger partial charge in [-0.1, -0.05) is 26.0 Å². The number of nitrogens with zero attached hydrogens (tertiary/aromatic N) is 2. The van der Waals surface area contributed by atoms with E-state index in [0.717, 1.165) is 37.8 Å². The summed E-state index contributed by atoms with van der Waals surface area (Å²) in [5.74, 6) is 2.23. The Balaban J connectivity index is 1.71. The minimum atomic E-state index is -0.419. The number of carbonyl (C=O) groups is 2. The summed E-state index contributed by atoms with van der Waals surface area (Å²) in [6.07, 6.45) is 4.08. The average molecular weight is 403 g/mol. The molecule has 1 atom stereocenters. The minimum absolute atomic E-state index is 0.174. The van der Waals surface area contributed by atoms with Crippen molar-refractivity contribution in [2.75, 3.05) is 33.9 Å². The molecule has 1 spiro atoms. The maximum absolute atomic E-state index is 13.5. The number of carbonyl (C=O) groups excluding carboxylic acids is 2. The Morgan fingerprint density at radius 2 is 1.97 bits per heavy atom. The molecule has 2 saturated heterocycles. The summed E-state index contributed by atoms with van der Waals surface area (Å²) in [5, 5.41) is 0. The van der Waals surface area contributed by atoms with Crippen molar-refractivity contribution in [2.45, 2.75) is 52.5 Å². The van der Waals surface area contributed by atoms with Crippen LogP contribution in [0.5, 0.6) is 11.5 Å². The molecule has 3 rings (SSSR count). The summed E-state index contributed by atoms with van der Waals surface area (Å²) in [7, 11) is 3.24. The van der Waals surface area contributed by atoms with Gasteiger partial charge in [0, 0.05) is 38.2 Å². The number of benzene rings is 1. The first kappa shape index (κ1) is 21.5. The van der Waals surface area contributed by atoms with Gasteiger partial charge in [-0.15, -0.1) is 0 Å². The van der Waals surface area contributed by atoms with Crippen molar-refractivity contribution in [3.8, 4) is 11.5 Å². The zero-order valence-corrected chi connectivity index (χ0v) is 18.2. The Kier molecular flexibility index (Phi) is 6.70. The third-order valence-electron chi connectivity index (χ3n) is 6.31. The van der Waals surface area contributed by atoms with Gasteiger partial charge in [0.25, 0.3) is 0 Å². The number of para-hydroxylation sites is 1. The fraction of sp³-hybridized carbons (Fsp3) is 0.652. The summed E-state index contributed by atoms with van der Waals surface area (Å²) in [6.45, 7) is 6.76. The van der Waals surface area contributed by atoms with Gasteiger partial charge in [-0.3, -0.25) is 9.59 Å². The summed E-state index contributed by atoms with van der Waals surface area (Å²) in [5.41, 5.74) is 0.526. The van der Waals surface area contributed by atoms with Crippen molar-refractivity contribution in [3.63, 3.8) is 0 Å². The monoisotopic (exact) mass is 402 g/mol. The Morgan fingerprint density at radius 1 is 1.17 bits per heavy atom. The predicted molar refractivity (Wildman–Crippen MR) is 112 cm³/mol. The molecular formula is C23H34N2O4. The SMILES string of the molecule is COc1cccc(CN2CCC[C@@]3(CCN(C(=O)CCC(C)C)C3)C2=O)c1OC. The van der Waals surface area contributed by atoms with Gasteiger partial charge in [-0.2, -0.15) is 0 Å². The summed E-state index contributed by atoms with van der Waals surface area (Å²) in [6, 6.07) is 5.76. The molecule has 0 saturated carbocycles. The molecule has 1 aromatic carbocycles. The lowest BCUT2D eigenvalue weighted by atomic mass is 9.78. The van der Waals surface area contributed by atoms with Crippen molar-refractivity contribution >= 4 is 11.8 Å². The third kappa shape index (κ3) is 4.51. The number of ether oxygens (including phenoxy) is 2. The first-order chi connectivity index (χ1) is 13.9. The van der Waals surface area contributed by atoms with Gasteiger partial charge in [0.2, 0.25) is 11.8 Å². The normalized spacial score (nSPS) is 21.9. The lowest BCUT2D eigenvalue weighted by Gasteiger charge is -2.39. The van der Waals surface area contributed by atoms with E-state index in [9.17, 15) is 9.59 Å². The maximum atomic E-state index is 13.5. The van der Waals surface area contributed by atoms with Gasteiger partial charge in [0.05, 0.1) is 19.6 Å². The molecular weight excluding hydrogens is 368 g/mol. The van der Waals surface area contributed by atoms with Gasteiger partial charge in [0.15, 0.2) is 11.5 Å². The molecule has 2 aliphatic heterocycles. The van der Waals surface area contributed by atoms with Crippen LogP contribution in [0.2, 0.25) is 0 Å². The van der Waals surface area contributed by atoms with Crippen molar-refractivity contribution in [2.24, 2.45) is 11.3 Å². The number of piperidine rings is 1. The largest absolute Gasteiger partial charge is 0.493 e. The summed E-state index contributed by atoms with van der Waals surface area (Å²) in [4.78, 5) is 29.9. The van der Waals surface area contributed by atoms with Crippen LogP contribution < -0.4 is 9.47 Å². The smallest absolute Gasteiger partial charge is 0.230 e. The fourth-order valence-corrected chi connectivity index (χ4v) is 4.62. The van der Waals surface area contributed by atoms with Crippen LogP contribution in [-0.2, 0) is 16.1 Å². The predicted octanol–water partition coefficient (Wildman–Crippen LogP) is 3.48. The van der Waals surface area contributed by atoms with Crippen LogP contribution in [0.25, 0.3) is 0 Å². The number of methoxy groups -OCH3 is 2. The van der Waals surface area contributed by atoms with Gasteiger partial charge < -0.3 is 19.3 Å². The molecule has 0 unspecified atom stereocenters. The van der Waals surface area contributed by atoms with Crippen LogP contribution >= 0.6 is 0 Å². The highest BCUT2D eigenvalue weighted by Crippen LogP contribution is 2.41. The second-order valence-corrected chi connectivity index (χ2v) is 8.76. The van der Waals surface area contributed by atoms with E-state index >= 15 is 0 Å². The van der Waals surface area contributed by atoms with E-state index in [1.165, 1.54) is 0 Å². The van der Waals surface area contributed by atoms with E-state index in [1.807, 2.05) is 28.0 Å². The van der Waals surface area contributed by atoms with Crippen LogP contribution in [0.3, 0.4) is 0 Å². The van der Waals surface area contributed by atoms with E-state index in [-0.39, 0.29) is 11.8 Å². The molecule has 160 valence electrons. The zero-order chi connectivity index (χ0) is 21.0. The highest BCUT2D eigenvalue weighted by molar-refractivity contribution is 5.86. The summed E-state index contributed by atoms with van der Waals surface area (Å²) < 4.78 is 10.9. The molecule has 0 aromatic heterocycles. The number of rotatable bonds is 7. The van der Waals surface area contributed by atoms with Crippen LogP contribution in [0.15, 0.2) is 18.2 Å². The first-order valence-corrected chi connectivity index (χ1v) is 10.7. The molecule has 0 radical (unpaired) electrons. The topological polar surface area (TPSA) is 59.1 Å². The van der Waals surface area contributed by atoms with E-state index in [0.29, 0.717) is 43.5 Å². The van der Waals surface area contributed by atoms with E-state index in [1.54, 1.807) is 14.2 Å². The van der Waals surface area contributed by atoms with Crippen LogP contribution in [0.1, 0.15) is 51.5 Å². The van der Waals surface area contributed by atoms with Crippen LogP contribution in [0, 0.1) is 11.3 Å². The molecule has 2 amide bonds. The highest BCUT2D eigenvalue weighted by Gasteiger charge is 2.49. The van der Waals surface area contributed by atoms with Crippen molar-refractivity contribution in [3.05, 3.63) is 23.8 Å². The van der Waals surface area contributed by atoms with Crippen molar-refractivity contribution < 1.29 is 19.1 Å². The second kappa shape index (κ2) is 9.06. The van der Waals surface area contributed by atoms with Crippen LogP contribution in [0.4, 0.5) is 0 Å². The third-order valence-corrected chi connectivity index (χ3v) is 6.31. The number of hydrogen-bond acceptors (Lipinski definition) is 4. The molecule has 6 nitrogen and oxygen atoms in total. The minimum Gasteiger partial charge on any atom is -0.493 e. The molecule has 2 heterocycles. The number of likely N-dealkylation sites (tertiary alicyclic amines) is 2. The lowest BCUT2D eigenvalue weighted by Crippen LogP contribution is -2.50. The molecule has 29 heavy (non-hydrogen) atoms. The van der Waals surface area contributed by atoms with Gasteiger partial charge in [0.1, 0.15) is 0 Å². The van der Waals surface area contributed by atoms with Crippen molar-refractivity contribution in [1.29, 1.82) is 0 Å². The Bertz CT molecular complexity index is 748. The Morgan fingerprint density at radius 3 is 2.66 bits per heavy atom. The first-order valence-electron chi connectivity index (χ1n) is 10.7. The molecule has 2 fully saturated rings. The quantitative estimate of drug-likeness (QED) is 0.701. The van der Waals surface area contributed by atoms with E-state index in [2.05, 4.69) is 13.8 Å². The van der Waals surface area contributed by atoms with Crippen LogP contribution in [-0.4, -0.2) is 55.5 Å². The zero-order valence-electron chi connectivity index (χ0n) is 18.2. The fourth-order valence-electron chi connectivity index (χ4n) is 4.62. The molecule has 0 aliphatic carbocycles. The standard InChI is InChI=1S/C23H34N2O4/c1-17(2)9-10-20(26)25-14-12-23(16-25)11-6-13-24(22(23)27)15-18-7-5-8-19(28-3)21(18)29-4/h5,7-8,17H,6,9-16H2,1-4H3/t23-/m0/s1. The Labute approximate surface area is 174 Å². The highest BCUT2D eigenvalue weighted by atomic mass is 16.5. The second-order valence-electron chi connectivity index (χ2n) is 8.76. The number of amides is 2. The van der Waals surface area contributed by atoms with Crippen molar-refractivity contribution in [1.82, 2.24) is 9.80 Å². The molecule has 2 aliphatic rings. The van der Waals surface area contributed by atoms with Gasteiger partial charge >= 0.3 is 0 Å². The van der Waals surface area contributed by atoms with E-state index in [4.69, 9.17) is 9.47 Å². The van der Waals surface area contributed by atoms with Gasteiger partial charge in [-0.25, -0.2) is 0 Å². The van der Waals surface area contributed by atoms with E-state index < -0.39 is 5.41 Å². The molecule has 0 bridgehead atoms. The average Bonchev–Trinajstić information content (AvgIpc) is 3.14. The molecule has 1 aromatic rings.